The number of halogens is 3. The predicted molar refractivity (Wildman–Crippen MR) is 83.8 cm³/mol. The first-order chi connectivity index (χ1) is 10.3. The van der Waals surface area contributed by atoms with E-state index < -0.39 is 39.6 Å². The molecule has 11 heteroatoms. The van der Waals surface area contributed by atoms with Crippen LogP contribution in [-0.4, -0.2) is 32.1 Å². The second kappa shape index (κ2) is 7.97. The van der Waals surface area contributed by atoms with Gasteiger partial charge in [-0.05, 0) is 45.0 Å². The lowest BCUT2D eigenvalue weighted by Gasteiger charge is -2.19. The maximum absolute atomic E-state index is 12.2. The summed E-state index contributed by atoms with van der Waals surface area (Å²) in [5.74, 6) is -1.03. The van der Waals surface area contributed by atoms with Gasteiger partial charge in [0.15, 0.2) is 6.61 Å². The van der Waals surface area contributed by atoms with Crippen LogP contribution in [0.2, 0.25) is 0 Å². The molecular weight excluding hydrogens is 373 g/mol. The van der Waals surface area contributed by atoms with Crippen molar-refractivity contribution in [1.29, 1.82) is 0 Å². The second-order valence-electron chi connectivity index (χ2n) is 5.33. The number of alkyl halides is 3. The average Bonchev–Trinajstić information content (AvgIpc) is 2.34. The molecule has 0 saturated heterocycles. The van der Waals surface area contributed by atoms with Crippen LogP contribution in [0.4, 0.5) is 13.2 Å². The molecule has 0 aliphatic heterocycles. The van der Waals surface area contributed by atoms with Crippen molar-refractivity contribution in [2.45, 2.75) is 31.9 Å². The maximum atomic E-state index is 12.2. The van der Waals surface area contributed by atoms with E-state index >= 15 is 0 Å². The van der Waals surface area contributed by atoms with Crippen molar-refractivity contribution in [3.8, 4) is 11.5 Å². The van der Waals surface area contributed by atoms with Gasteiger partial charge in [-0.3, -0.25) is 0 Å². The minimum Gasteiger partial charge on any atom is -0.482 e. The summed E-state index contributed by atoms with van der Waals surface area (Å²) >= 11 is 0. The molecule has 138 valence electrons. The molecule has 0 aromatic heterocycles. The van der Waals surface area contributed by atoms with Gasteiger partial charge in [-0.1, -0.05) is 0 Å². The van der Waals surface area contributed by atoms with E-state index in [1.54, 1.807) is 20.8 Å². The van der Waals surface area contributed by atoms with Crippen molar-refractivity contribution in [3.05, 3.63) is 24.3 Å². The third kappa shape index (κ3) is 7.30. The van der Waals surface area contributed by atoms with E-state index in [1.807, 2.05) is 0 Å². The topological polar surface area (TPSA) is 78.9 Å². The fraction of sp³-hybridized carbons (Fsp3) is 0.462. The van der Waals surface area contributed by atoms with Gasteiger partial charge < -0.3 is 13.7 Å². The van der Waals surface area contributed by atoms with Crippen LogP contribution in [0, 0.1) is 0 Å². The van der Waals surface area contributed by atoms with Crippen LogP contribution in [0.25, 0.3) is 0 Å². The van der Waals surface area contributed by atoms with E-state index in [4.69, 9.17) is 9.47 Å². The van der Waals surface area contributed by atoms with Gasteiger partial charge in [0.1, 0.15) is 17.1 Å². The number of benzene rings is 1. The normalized spacial score (nSPS) is 12.1. The van der Waals surface area contributed by atoms with Crippen molar-refractivity contribution >= 4 is 29.6 Å². The van der Waals surface area contributed by atoms with Crippen LogP contribution >= 0.6 is 13.5 Å². The summed E-state index contributed by atoms with van der Waals surface area (Å²) < 4.78 is 72.1. The Kier molecular flexibility index (Phi) is 7.43. The first kappa shape index (κ1) is 22.4. The summed E-state index contributed by atoms with van der Waals surface area (Å²) in [6.45, 7) is 4.63. The van der Waals surface area contributed by atoms with Gasteiger partial charge in [0, 0.05) is 0 Å². The summed E-state index contributed by atoms with van der Waals surface area (Å²) in [6.07, 6.45) is 0. The molecule has 0 radical (unpaired) electrons. The van der Waals surface area contributed by atoms with E-state index in [0.29, 0.717) is 0 Å². The molecule has 0 atom stereocenters. The van der Waals surface area contributed by atoms with E-state index in [9.17, 15) is 26.4 Å². The molecule has 0 amide bonds. The standard InChI is InChI=1S/C13H15F3O6S.H2S/c1-12(2,3)21-11(17)8-20-9-4-6-10(7-5-9)22-23(18,19)13(14,15)16;/h4-7H,8H2,1-3H3;1H2. The number of hydrogen-bond donors (Lipinski definition) is 0. The molecule has 1 rings (SSSR count). The zero-order valence-corrected chi connectivity index (χ0v) is 14.8. The van der Waals surface area contributed by atoms with E-state index in [0.717, 1.165) is 24.3 Å². The Balaban J connectivity index is 0.00000529. The summed E-state index contributed by atoms with van der Waals surface area (Å²) in [7, 11) is -5.72. The number of hydrogen-bond acceptors (Lipinski definition) is 6. The highest BCUT2D eigenvalue weighted by molar-refractivity contribution is 7.88. The monoisotopic (exact) mass is 390 g/mol. The van der Waals surface area contributed by atoms with Crippen molar-refractivity contribution in [1.82, 2.24) is 0 Å². The number of carbonyl (C=O) groups is 1. The minimum absolute atomic E-state index is 0. The first-order valence-corrected chi connectivity index (χ1v) is 7.66. The molecule has 0 saturated carbocycles. The Bertz CT molecular complexity index is 648. The van der Waals surface area contributed by atoms with Crippen molar-refractivity contribution < 1.29 is 40.0 Å². The molecule has 1 aromatic rings. The van der Waals surface area contributed by atoms with Gasteiger partial charge in [-0.2, -0.15) is 35.1 Å². The molecule has 0 bridgehead atoms. The van der Waals surface area contributed by atoms with Crippen molar-refractivity contribution in [2.75, 3.05) is 6.61 Å². The lowest BCUT2D eigenvalue weighted by Crippen LogP contribution is -2.28. The van der Waals surface area contributed by atoms with Crippen LogP contribution in [-0.2, 0) is 19.6 Å². The maximum Gasteiger partial charge on any atom is 0.534 e. The summed E-state index contributed by atoms with van der Waals surface area (Å²) in [5, 5.41) is 0. The van der Waals surface area contributed by atoms with E-state index in [-0.39, 0.29) is 19.2 Å². The number of rotatable bonds is 5. The molecular formula is C13H17F3O6S2. The van der Waals surface area contributed by atoms with Crippen molar-refractivity contribution in [3.63, 3.8) is 0 Å². The first-order valence-electron chi connectivity index (χ1n) is 6.26. The van der Waals surface area contributed by atoms with E-state index in [2.05, 4.69) is 4.18 Å². The Morgan fingerprint density at radius 2 is 1.50 bits per heavy atom. The zero-order valence-electron chi connectivity index (χ0n) is 13.0. The third-order valence-corrected chi connectivity index (χ3v) is 3.07. The lowest BCUT2D eigenvalue weighted by molar-refractivity contribution is -0.157. The highest BCUT2D eigenvalue weighted by Crippen LogP contribution is 2.27. The Morgan fingerprint density at radius 3 is 1.92 bits per heavy atom. The fourth-order valence-electron chi connectivity index (χ4n) is 1.28. The summed E-state index contributed by atoms with van der Waals surface area (Å²) in [5.41, 5.74) is -6.19. The third-order valence-electron chi connectivity index (χ3n) is 2.09. The number of esters is 1. The molecule has 0 spiro atoms. The SMILES string of the molecule is CC(C)(C)OC(=O)COc1ccc(OS(=O)(=O)C(F)(F)F)cc1.S. The predicted octanol–water partition coefficient (Wildman–Crippen LogP) is 2.75. The Labute approximate surface area is 144 Å². The van der Waals surface area contributed by atoms with E-state index in [1.165, 1.54) is 0 Å². The van der Waals surface area contributed by atoms with Crippen LogP contribution in [0.3, 0.4) is 0 Å². The largest absolute Gasteiger partial charge is 0.534 e. The summed E-state index contributed by atoms with van der Waals surface area (Å²) in [4.78, 5) is 11.4. The highest BCUT2D eigenvalue weighted by atomic mass is 32.2. The van der Waals surface area contributed by atoms with Gasteiger partial charge in [0.25, 0.3) is 0 Å². The molecule has 0 aliphatic carbocycles. The molecule has 0 aliphatic rings. The van der Waals surface area contributed by atoms with Gasteiger partial charge >= 0.3 is 21.6 Å². The van der Waals surface area contributed by atoms with Crippen LogP contribution in [0.5, 0.6) is 11.5 Å². The quantitative estimate of drug-likeness (QED) is 0.437. The molecule has 24 heavy (non-hydrogen) atoms. The van der Waals surface area contributed by atoms with Gasteiger partial charge in [-0.15, -0.1) is 0 Å². The molecule has 1 aromatic carbocycles. The van der Waals surface area contributed by atoms with Gasteiger partial charge in [-0.25, -0.2) is 4.79 Å². The van der Waals surface area contributed by atoms with Crippen LogP contribution in [0.15, 0.2) is 24.3 Å². The second-order valence-corrected chi connectivity index (χ2v) is 6.87. The number of carbonyl (C=O) groups excluding carboxylic acids is 1. The number of ether oxygens (including phenoxy) is 2. The Hall–Kier alpha value is -1.62. The Morgan fingerprint density at radius 1 is 1.04 bits per heavy atom. The molecule has 0 fully saturated rings. The molecule has 0 heterocycles. The summed E-state index contributed by atoms with van der Waals surface area (Å²) in [6, 6.07) is 4.25. The minimum atomic E-state index is -5.72. The van der Waals surface area contributed by atoms with Crippen LogP contribution in [0.1, 0.15) is 20.8 Å². The molecule has 0 unspecified atom stereocenters. The zero-order chi connectivity index (χ0) is 17.9. The molecule has 0 N–H and O–H groups in total. The van der Waals surface area contributed by atoms with Crippen LogP contribution < -0.4 is 8.92 Å². The van der Waals surface area contributed by atoms with Crippen molar-refractivity contribution in [2.24, 2.45) is 0 Å². The lowest BCUT2D eigenvalue weighted by atomic mass is 10.2. The average molecular weight is 390 g/mol. The fourth-order valence-corrected chi connectivity index (χ4v) is 1.74. The smallest absolute Gasteiger partial charge is 0.482 e. The van der Waals surface area contributed by atoms with Gasteiger partial charge in [0.2, 0.25) is 0 Å². The molecule has 6 nitrogen and oxygen atoms in total. The highest BCUT2D eigenvalue weighted by Gasteiger charge is 2.48. The van der Waals surface area contributed by atoms with Gasteiger partial charge in [0.05, 0.1) is 0 Å².